The zero-order chi connectivity index (χ0) is 18.3. The van der Waals surface area contributed by atoms with Crippen molar-refractivity contribution in [1.29, 1.82) is 0 Å². The molecule has 25 heavy (non-hydrogen) atoms. The van der Waals surface area contributed by atoms with Gasteiger partial charge in [0, 0.05) is 25.3 Å². The first-order chi connectivity index (χ1) is 12.1. The van der Waals surface area contributed by atoms with E-state index < -0.39 is 11.9 Å². The van der Waals surface area contributed by atoms with Crippen molar-refractivity contribution in [3.8, 4) is 5.75 Å². The fourth-order valence-corrected chi connectivity index (χ4v) is 2.43. The van der Waals surface area contributed by atoms with Crippen molar-refractivity contribution in [3.63, 3.8) is 0 Å². The molecule has 0 aromatic heterocycles. The van der Waals surface area contributed by atoms with Crippen molar-refractivity contribution in [2.45, 2.75) is 11.9 Å². The lowest BCUT2D eigenvalue weighted by Gasteiger charge is -2.29. The average Bonchev–Trinajstić information content (AvgIpc) is 2.68. The number of ether oxygens (including phenoxy) is 3. The van der Waals surface area contributed by atoms with E-state index >= 15 is 0 Å². The highest BCUT2D eigenvalue weighted by Crippen LogP contribution is 2.30. The van der Waals surface area contributed by atoms with Gasteiger partial charge in [0.05, 0.1) is 6.61 Å². The second-order valence-electron chi connectivity index (χ2n) is 5.39. The van der Waals surface area contributed by atoms with Gasteiger partial charge in [-0.15, -0.1) is 0 Å². The summed E-state index contributed by atoms with van der Waals surface area (Å²) in [5, 5.41) is 18.1. The zero-order valence-corrected chi connectivity index (χ0v) is 14.2. The molecule has 0 spiro atoms. The van der Waals surface area contributed by atoms with E-state index in [1.54, 1.807) is 48.5 Å². The predicted molar refractivity (Wildman–Crippen MR) is 91.5 cm³/mol. The number of carbonyl (C=O) groups is 1. The number of hydrogen-bond donors (Lipinski definition) is 2. The molecule has 0 saturated carbocycles. The lowest BCUT2D eigenvalue weighted by atomic mass is 9.96. The minimum Gasteiger partial charge on any atom is -0.491 e. The van der Waals surface area contributed by atoms with Crippen molar-refractivity contribution in [2.24, 2.45) is 0 Å². The van der Waals surface area contributed by atoms with E-state index in [4.69, 9.17) is 19.3 Å². The molecule has 134 valence electrons. The molecule has 0 heterocycles. The van der Waals surface area contributed by atoms with Crippen LogP contribution in [-0.2, 0) is 15.3 Å². The molecule has 0 saturated heterocycles. The summed E-state index contributed by atoms with van der Waals surface area (Å²) in [6.07, 6.45) is -0.950. The summed E-state index contributed by atoms with van der Waals surface area (Å²) in [7, 11) is 2.84. The van der Waals surface area contributed by atoms with Crippen LogP contribution in [0.4, 0.5) is 0 Å². The van der Waals surface area contributed by atoms with E-state index in [0.717, 1.165) is 0 Å². The maximum Gasteiger partial charge on any atom is 0.260 e. The molecule has 0 aliphatic carbocycles. The molecule has 2 aromatic carbocycles. The van der Waals surface area contributed by atoms with Gasteiger partial charge >= 0.3 is 0 Å². The van der Waals surface area contributed by atoms with E-state index in [1.807, 2.05) is 6.07 Å². The second-order valence-corrected chi connectivity index (χ2v) is 5.39. The van der Waals surface area contributed by atoms with Crippen molar-refractivity contribution in [1.82, 2.24) is 0 Å². The molecule has 0 bridgehead atoms. The van der Waals surface area contributed by atoms with Gasteiger partial charge in [-0.25, -0.2) is 0 Å². The first kappa shape index (κ1) is 19.1. The molecule has 1 atom stereocenters. The zero-order valence-electron chi connectivity index (χ0n) is 14.2. The number of Topliss-reactive ketones (excluding diaryl/α,β-unsaturated/α-hetero) is 1. The molecular formula is C19H22O6. The van der Waals surface area contributed by atoms with Gasteiger partial charge in [0.2, 0.25) is 5.78 Å². The Bertz CT molecular complexity index is 664. The number of aliphatic hydroxyl groups is 2. The van der Waals surface area contributed by atoms with Crippen LogP contribution in [0.5, 0.6) is 5.75 Å². The number of methoxy groups -OCH3 is 2. The van der Waals surface area contributed by atoms with Crippen LogP contribution in [0.2, 0.25) is 0 Å². The highest BCUT2D eigenvalue weighted by atomic mass is 16.7. The number of carbonyl (C=O) groups excluding carboxylic acids is 1. The molecule has 6 nitrogen and oxygen atoms in total. The monoisotopic (exact) mass is 346 g/mol. The summed E-state index contributed by atoms with van der Waals surface area (Å²) < 4.78 is 16.2. The summed E-state index contributed by atoms with van der Waals surface area (Å²) in [6, 6.07) is 15.4. The second kappa shape index (κ2) is 8.73. The van der Waals surface area contributed by atoms with E-state index in [2.05, 4.69) is 0 Å². The fraction of sp³-hybridized carbons (Fsp3) is 0.316. The first-order valence-electron chi connectivity index (χ1n) is 7.79. The van der Waals surface area contributed by atoms with Crippen LogP contribution >= 0.6 is 0 Å². The SMILES string of the molecule is COC(OC)(C(=O)c1ccc(OCC(O)CO)cc1)c1ccccc1. The summed E-state index contributed by atoms with van der Waals surface area (Å²) in [5.41, 5.74) is 0.985. The molecule has 0 fully saturated rings. The van der Waals surface area contributed by atoms with Gasteiger partial charge in [-0.05, 0) is 24.3 Å². The highest BCUT2D eigenvalue weighted by molar-refractivity contribution is 6.02. The van der Waals surface area contributed by atoms with Crippen LogP contribution in [-0.4, -0.2) is 49.5 Å². The lowest BCUT2D eigenvalue weighted by Crippen LogP contribution is -2.39. The molecule has 0 aliphatic heterocycles. The Hall–Kier alpha value is -2.25. The maximum absolute atomic E-state index is 13.0. The van der Waals surface area contributed by atoms with Crippen molar-refractivity contribution in [3.05, 3.63) is 65.7 Å². The molecule has 2 aromatic rings. The Morgan fingerprint density at radius 1 is 1.04 bits per heavy atom. The normalized spacial score (nSPS) is 12.6. The number of rotatable bonds is 9. The van der Waals surface area contributed by atoms with E-state index in [9.17, 15) is 9.90 Å². The van der Waals surface area contributed by atoms with Gasteiger partial charge in [0.25, 0.3) is 5.79 Å². The average molecular weight is 346 g/mol. The quantitative estimate of drug-likeness (QED) is 0.531. The predicted octanol–water partition coefficient (Wildman–Crippen LogP) is 1.75. The molecule has 2 rings (SSSR count). The Morgan fingerprint density at radius 3 is 2.16 bits per heavy atom. The summed E-state index contributed by atoms with van der Waals surface area (Å²) in [5.74, 6) is -1.40. The standard InChI is InChI=1S/C19H22O6/c1-23-19(24-2,15-6-4-3-5-7-15)18(22)14-8-10-17(11-9-14)25-13-16(21)12-20/h3-11,16,20-21H,12-13H2,1-2H3. The number of benzene rings is 2. The first-order valence-corrected chi connectivity index (χ1v) is 7.79. The fourth-order valence-electron chi connectivity index (χ4n) is 2.43. The third-order valence-electron chi connectivity index (χ3n) is 3.80. The molecule has 0 aliphatic rings. The smallest absolute Gasteiger partial charge is 0.260 e. The minimum absolute atomic E-state index is 0.0338. The Balaban J connectivity index is 2.22. The van der Waals surface area contributed by atoms with Crippen LogP contribution in [0.25, 0.3) is 0 Å². The molecule has 1 unspecified atom stereocenters. The van der Waals surface area contributed by atoms with Gasteiger partial charge in [-0.2, -0.15) is 0 Å². The summed E-state index contributed by atoms with van der Waals surface area (Å²) in [4.78, 5) is 13.0. The number of hydrogen-bond acceptors (Lipinski definition) is 6. The largest absolute Gasteiger partial charge is 0.491 e. The number of aliphatic hydroxyl groups excluding tert-OH is 2. The maximum atomic E-state index is 13.0. The van der Waals surface area contributed by atoms with Crippen LogP contribution < -0.4 is 4.74 Å². The van der Waals surface area contributed by atoms with Crippen LogP contribution in [0.3, 0.4) is 0 Å². The van der Waals surface area contributed by atoms with Gasteiger partial charge in [-0.3, -0.25) is 4.79 Å². The van der Waals surface area contributed by atoms with Gasteiger partial charge < -0.3 is 24.4 Å². The van der Waals surface area contributed by atoms with Crippen LogP contribution in [0, 0.1) is 0 Å². The van der Waals surface area contributed by atoms with E-state index in [1.165, 1.54) is 14.2 Å². The van der Waals surface area contributed by atoms with Crippen molar-refractivity contribution in [2.75, 3.05) is 27.4 Å². The molecular weight excluding hydrogens is 324 g/mol. The van der Waals surface area contributed by atoms with Gasteiger partial charge in [0.1, 0.15) is 18.5 Å². The number of ketones is 1. The van der Waals surface area contributed by atoms with E-state index in [0.29, 0.717) is 16.9 Å². The Labute approximate surface area is 146 Å². The van der Waals surface area contributed by atoms with Crippen molar-refractivity contribution >= 4 is 5.78 Å². The molecule has 2 N–H and O–H groups in total. The molecule has 6 heteroatoms. The van der Waals surface area contributed by atoms with Gasteiger partial charge in [0.15, 0.2) is 0 Å². The molecule has 0 radical (unpaired) electrons. The third kappa shape index (κ3) is 4.24. The third-order valence-corrected chi connectivity index (χ3v) is 3.80. The topological polar surface area (TPSA) is 85.2 Å². The lowest BCUT2D eigenvalue weighted by molar-refractivity contribution is -0.176. The van der Waals surface area contributed by atoms with E-state index in [-0.39, 0.29) is 19.0 Å². The van der Waals surface area contributed by atoms with Crippen LogP contribution in [0.15, 0.2) is 54.6 Å². The van der Waals surface area contributed by atoms with Gasteiger partial charge in [-0.1, -0.05) is 30.3 Å². The Kier molecular flexibility index (Phi) is 6.66. The van der Waals surface area contributed by atoms with Crippen LogP contribution in [0.1, 0.15) is 15.9 Å². The summed E-state index contributed by atoms with van der Waals surface area (Å²) in [6.45, 7) is -0.411. The Morgan fingerprint density at radius 2 is 1.64 bits per heavy atom. The minimum atomic E-state index is -1.53. The molecule has 0 amide bonds. The highest BCUT2D eigenvalue weighted by Gasteiger charge is 2.41. The summed E-state index contributed by atoms with van der Waals surface area (Å²) >= 11 is 0. The van der Waals surface area contributed by atoms with Crippen molar-refractivity contribution < 1.29 is 29.2 Å².